The fraction of sp³-hybridized carbons (Fsp3) is 0.391. The molecule has 30 heavy (non-hydrogen) atoms. The van der Waals surface area contributed by atoms with E-state index < -0.39 is 0 Å². The Balaban J connectivity index is 1.51. The molecule has 1 aliphatic rings. The lowest BCUT2D eigenvalue weighted by molar-refractivity contribution is -0.129. The van der Waals surface area contributed by atoms with Crippen LogP contribution in [0.1, 0.15) is 30.6 Å². The Morgan fingerprint density at radius 3 is 2.50 bits per heavy atom. The molecule has 3 rings (SSSR count). The third-order valence-electron chi connectivity index (χ3n) is 4.89. The average Bonchev–Trinajstić information content (AvgIpc) is 3.22. The number of likely N-dealkylation sites (tertiary alicyclic amines) is 1. The van der Waals surface area contributed by atoms with Gasteiger partial charge in [0.1, 0.15) is 0 Å². The summed E-state index contributed by atoms with van der Waals surface area (Å²) in [4.78, 5) is 26.8. The third-order valence-corrected chi connectivity index (χ3v) is 4.89. The van der Waals surface area contributed by atoms with Crippen LogP contribution in [0.2, 0.25) is 0 Å². The number of ether oxygens (including phenoxy) is 2. The maximum atomic E-state index is 12.5. The Bertz CT molecular complexity index is 857. The van der Waals surface area contributed by atoms with Crippen molar-refractivity contribution in [2.75, 3.05) is 38.2 Å². The number of benzene rings is 2. The molecule has 7 nitrogen and oxygen atoms in total. The van der Waals surface area contributed by atoms with Crippen LogP contribution in [0.5, 0.6) is 11.5 Å². The van der Waals surface area contributed by atoms with Crippen LogP contribution in [0.25, 0.3) is 0 Å². The van der Waals surface area contributed by atoms with Crippen molar-refractivity contribution in [3.8, 4) is 11.5 Å². The highest BCUT2D eigenvalue weighted by atomic mass is 16.5. The Kier molecular flexibility index (Phi) is 7.54. The van der Waals surface area contributed by atoms with Gasteiger partial charge in [-0.3, -0.25) is 9.59 Å². The standard InChI is InChI=1S/C23H29N3O4/c1-3-29-20-11-10-17(14-21(20)30-4-2)23(28)24-15-22(27)26-13-12-19(16-26)25-18-8-6-5-7-9-18/h5-11,14,19,25H,3-4,12-13,15-16H2,1-2H3,(H,24,28). The van der Waals surface area contributed by atoms with E-state index in [0.717, 1.165) is 12.1 Å². The molecule has 0 bridgehead atoms. The predicted octanol–water partition coefficient (Wildman–Crippen LogP) is 2.93. The van der Waals surface area contributed by atoms with E-state index >= 15 is 0 Å². The molecule has 0 saturated carbocycles. The van der Waals surface area contributed by atoms with Gasteiger partial charge in [0, 0.05) is 30.4 Å². The van der Waals surface area contributed by atoms with Crippen LogP contribution >= 0.6 is 0 Å². The van der Waals surface area contributed by atoms with E-state index in [0.29, 0.717) is 43.4 Å². The third kappa shape index (κ3) is 5.65. The second-order valence-corrected chi connectivity index (χ2v) is 7.05. The zero-order chi connectivity index (χ0) is 21.3. The molecular weight excluding hydrogens is 382 g/mol. The molecule has 1 heterocycles. The van der Waals surface area contributed by atoms with Crippen LogP contribution in [0, 0.1) is 0 Å². The van der Waals surface area contributed by atoms with E-state index in [-0.39, 0.29) is 24.4 Å². The minimum Gasteiger partial charge on any atom is -0.490 e. The van der Waals surface area contributed by atoms with Crippen molar-refractivity contribution >= 4 is 17.5 Å². The van der Waals surface area contributed by atoms with Gasteiger partial charge in [0.2, 0.25) is 5.91 Å². The van der Waals surface area contributed by atoms with Crippen molar-refractivity contribution in [1.29, 1.82) is 0 Å². The first-order chi connectivity index (χ1) is 14.6. The van der Waals surface area contributed by atoms with Crippen molar-refractivity contribution in [1.82, 2.24) is 10.2 Å². The summed E-state index contributed by atoms with van der Waals surface area (Å²) in [5, 5.41) is 6.16. The molecule has 1 fully saturated rings. The van der Waals surface area contributed by atoms with Gasteiger partial charge in [-0.1, -0.05) is 18.2 Å². The number of rotatable bonds is 9. The molecule has 2 N–H and O–H groups in total. The van der Waals surface area contributed by atoms with Crippen LogP contribution in [-0.4, -0.2) is 55.6 Å². The molecule has 2 amide bonds. The van der Waals surface area contributed by atoms with Gasteiger partial charge in [-0.15, -0.1) is 0 Å². The molecule has 1 aliphatic heterocycles. The zero-order valence-corrected chi connectivity index (χ0v) is 17.5. The summed E-state index contributed by atoms with van der Waals surface area (Å²) in [7, 11) is 0. The molecule has 1 saturated heterocycles. The van der Waals surface area contributed by atoms with Gasteiger partial charge in [0.15, 0.2) is 11.5 Å². The number of carbonyl (C=O) groups is 2. The quantitative estimate of drug-likeness (QED) is 0.663. The Hall–Kier alpha value is -3.22. The van der Waals surface area contributed by atoms with E-state index in [9.17, 15) is 9.59 Å². The highest BCUT2D eigenvalue weighted by Gasteiger charge is 2.26. The van der Waals surface area contributed by atoms with Crippen molar-refractivity contribution in [2.45, 2.75) is 26.3 Å². The zero-order valence-electron chi connectivity index (χ0n) is 17.5. The number of nitrogens with zero attached hydrogens (tertiary/aromatic N) is 1. The van der Waals surface area contributed by atoms with Crippen LogP contribution in [-0.2, 0) is 4.79 Å². The molecule has 7 heteroatoms. The van der Waals surface area contributed by atoms with E-state index in [2.05, 4.69) is 10.6 Å². The fourth-order valence-corrected chi connectivity index (χ4v) is 3.44. The summed E-state index contributed by atoms with van der Waals surface area (Å²) < 4.78 is 11.1. The van der Waals surface area contributed by atoms with Gasteiger partial charge in [-0.2, -0.15) is 0 Å². The summed E-state index contributed by atoms with van der Waals surface area (Å²) in [5.74, 6) is 0.718. The van der Waals surface area contributed by atoms with E-state index in [1.54, 1.807) is 23.1 Å². The highest BCUT2D eigenvalue weighted by molar-refractivity contribution is 5.97. The number of carbonyl (C=O) groups excluding carboxylic acids is 2. The number of nitrogens with one attached hydrogen (secondary N) is 2. The molecule has 0 spiro atoms. The molecule has 1 unspecified atom stereocenters. The summed E-state index contributed by atoms with van der Waals surface area (Å²) >= 11 is 0. The molecular formula is C23H29N3O4. The van der Waals surface area contributed by atoms with Gasteiger partial charge >= 0.3 is 0 Å². The summed E-state index contributed by atoms with van der Waals surface area (Å²) in [6.45, 7) is 6.01. The molecule has 1 atom stereocenters. The van der Waals surface area contributed by atoms with Crippen molar-refractivity contribution in [2.24, 2.45) is 0 Å². The lowest BCUT2D eigenvalue weighted by Gasteiger charge is -2.18. The summed E-state index contributed by atoms with van der Waals surface area (Å²) in [6.07, 6.45) is 0.880. The smallest absolute Gasteiger partial charge is 0.251 e. The van der Waals surface area contributed by atoms with Gasteiger partial charge in [-0.05, 0) is 50.6 Å². The largest absolute Gasteiger partial charge is 0.490 e. The maximum absolute atomic E-state index is 12.5. The lowest BCUT2D eigenvalue weighted by atomic mass is 10.2. The number of anilines is 1. The van der Waals surface area contributed by atoms with Gasteiger partial charge in [0.05, 0.1) is 19.8 Å². The van der Waals surface area contributed by atoms with Crippen LogP contribution < -0.4 is 20.1 Å². The Morgan fingerprint density at radius 1 is 1.03 bits per heavy atom. The first kappa shape index (κ1) is 21.5. The molecule has 0 aliphatic carbocycles. The average molecular weight is 412 g/mol. The van der Waals surface area contributed by atoms with Crippen molar-refractivity contribution in [3.05, 3.63) is 54.1 Å². The molecule has 0 aromatic heterocycles. The van der Waals surface area contributed by atoms with Gasteiger partial charge in [0.25, 0.3) is 5.91 Å². The number of para-hydroxylation sites is 1. The number of hydrogen-bond donors (Lipinski definition) is 2. The molecule has 160 valence electrons. The second kappa shape index (κ2) is 10.5. The van der Waals surface area contributed by atoms with Crippen LogP contribution in [0.15, 0.2) is 48.5 Å². The number of hydrogen-bond acceptors (Lipinski definition) is 5. The first-order valence-corrected chi connectivity index (χ1v) is 10.4. The van der Waals surface area contributed by atoms with E-state index in [1.165, 1.54) is 0 Å². The van der Waals surface area contributed by atoms with Crippen molar-refractivity contribution in [3.63, 3.8) is 0 Å². The van der Waals surface area contributed by atoms with E-state index in [4.69, 9.17) is 9.47 Å². The molecule has 0 radical (unpaired) electrons. The SMILES string of the molecule is CCOc1ccc(C(=O)NCC(=O)N2CCC(Nc3ccccc3)C2)cc1OCC. The molecule has 2 aromatic rings. The number of amides is 2. The summed E-state index contributed by atoms with van der Waals surface area (Å²) in [5.41, 5.74) is 1.48. The molecule has 2 aromatic carbocycles. The highest BCUT2D eigenvalue weighted by Crippen LogP contribution is 2.28. The summed E-state index contributed by atoms with van der Waals surface area (Å²) in [6, 6.07) is 15.2. The monoisotopic (exact) mass is 411 g/mol. The maximum Gasteiger partial charge on any atom is 0.251 e. The lowest BCUT2D eigenvalue weighted by Crippen LogP contribution is -2.40. The van der Waals surface area contributed by atoms with Crippen LogP contribution in [0.4, 0.5) is 5.69 Å². The minimum absolute atomic E-state index is 0.0337. The first-order valence-electron chi connectivity index (χ1n) is 10.4. The van der Waals surface area contributed by atoms with Gasteiger partial charge < -0.3 is 25.0 Å². The Labute approximate surface area is 177 Å². The Morgan fingerprint density at radius 2 is 1.77 bits per heavy atom. The van der Waals surface area contributed by atoms with Crippen LogP contribution in [0.3, 0.4) is 0 Å². The predicted molar refractivity (Wildman–Crippen MR) is 116 cm³/mol. The normalized spacial score (nSPS) is 15.5. The van der Waals surface area contributed by atoms with Crippen molar-refractivity contribution < 1.29 is 19.1 Å². The fourth-order valence-electron chi connectivity index (χ4n) is 3.44. The van der Waals surface area contributed by atoms with Gasteiger partial charge in [-0.25, -0.2) is 0 Å². The topological polar surface area (TPSA) is 79.9 Å². The minimum atomic E-state index is -0.314. The van der Waals surface area contributed by atoms with E-state index in [1.807, 2.05) is 44.2 Å². The second-order valence-electron chi connectivity index (χ2n) is 7.05.